The zero-order valence-electron chi connectivity index (χ0n) is 18.1. The second-order valence-electron chi connectivity index (χ2n) is 8.41. The lowest BCUT2D eigenvalue weighted by atomic mass is 10.0. The molecule has 2 aliphatic heterocycles. The van der Waals surface area contributed by atoms with E-state index in [0.717, 1.165) is 29.7 Å². The first kappa shape index (κ1) is 21.1. The number of pyridine rings is 1. The molecule has 166 valence electrons. The maximum Gasteiger partial charge on any atom is 0.231 e. The molecule has 1 aromatic heterocycles. The van der Waals surface area contributed by atoms with Crippen LogP contribution in [0, 0.1) is 23.1 Å². The smallest absolute Gasteiger partial charge is 0.231 e. The number of rotatable bonds is 4. The van der Waals surface area contributed by atoms with E-state index in [1.807, 2.05) is 18.2 Å². The molecule has 5 rings (SSSR count). The van der Waals surface area contributed by atoms with Crippen LogP contribution in [0.4, 0.5) is 10.1 Å². The number of nitriles is 1. The van der Waals surface area contributed by atoms with Gasteiger partial charge in [0.15, 0.2) is 5.75 Å². The van der Waals surface area contributed by atoms with Crippen LogP contribution < -0.4 is 9.64 Å². The number of likely N-dealkylation sites (tertiary alicyclic amines) is 1. The van der Waals surface area contributed by atoms with E-state index in [1.165, 1.54) is 6.07 Å². The summed E-state index contributed by atoms with van der Waals surface area (Å²) in [5, 5.41) is 9.05. The predicted molar refractivity (Wildman–Crippen MR) is 122 cm³/mol. The number of halogens is 1. The molecule has 0 saturated carbocycles. The molecule has 1 fully saturated rings. The summed E-state index contributed by atoms with van der Waals surface area (Å²) in [5.74, 6) is 0.349. The van der Waals surface area contributed by atoms with Crippen molar-refractivity contribution >= 4 is 11.6 Å². The molecule has 3 heterocycles. The molecule has 1 amide bonds. The summed E-state index contributed by atoms with van der Waals surface area (Å²) < 4.78 is 19.5. The highest BCUT2D eigenvalue weighted by Crippen LogP contribution is 2.40. The number of benzene rings is 2. The van der Waals surface area contributed by atoms with Gasteiger partial charge in [-0.3, -0.25) is 14.7 Å². The van der Waals surface area contributed by atoms with Gasteiger partial charge in [-0.05, 0) is 48.4 Å². The summed E-state index contributed by atoms with van der Waals surface area (Å²) in [5.41, 5.74) is 3.86. The Kier molecular flexibility index (Phi) is 5.76. The Labute approximate surface area is 191 Å². The summed E-state index contributed by atoms with van der Waals surface area (Å²) >= 11 is 0. The van der Waals surface area contributed by atoms with Gasteiger partial charge in [-0.25, -0.2) is 4.39 Å². The van der Waals surface area contributed by atoms with Crippen LogP contribution in [-0.4, -0.2) is 42.0 Å². The molecule has 0 aliphatic carbocycles. The van der Waals surface area contributed by atoms with E-state index in [-0.39, 0.29) is 17.6 Å². The number of aromatic nitrogens is 1. The van der Waals surface area contributed by atoms with Gasteiger partial charge in [0.25, 0.3) is 0 Å². The van der Waals surface area contributed by atoms with Crippen molar-refractivity contribution in [1.82, 2.24) is 9.88 Å². The predicted octanol–water partition coefficient (Wildman–Crippen LogP) is 4.01. The number of nitrogens with zero attached hydrogens (tertiary/aromatic N) is 4. The fraction of sp³-hybridized carbons (Fsp3) is 0.269. The first-order valence-electron chi connectivity index (χ1n) is 11.0. The van der Waals surface area contributed by atoms with E-state index in [1.54, 1.807) is 41.6 Å². The highest BCUT2D eigenvalue weighted by atomic mass is 19.1. The number of amides is 1. The third kappa shape index (κ3) is 4.30. The van der Waals surface area contributed by atoms with Gasteiger partial charge < -0.3 is 9.64 Å². The molecule has 0 bridgehead atoms. The van der Waals surface area contributed by atoms with Crippen molar-refractivity contribution < 1.29 is 13.9 Å². The number of ether oxygens (including phenoxy) is 1. The Hall–Kier alpha value is -3.76. The van der Waals surface area contributed by atoms with Crippen LogP contribution in [0.2, 0.25) is 0 Å². The Morgan fingerprint density at radius 2 is 2.03 bits per heavy atom. The molecule has 33 heavy (non-hydrogen) atoms. The zero-order chi connectivity index (χ0) is 22.8. The van der Waals surface area contributed by atoms with E-state index in [9.17, 15) is 9.18 Å². The van der Waals surface area contributed by atoms with E-state index in [0.29, 0.717) is 43.2 Å². The lowest BCUT2D eigenvalue weighted by Gasteiger charge is -2.32. The van der Waals surface area contributed by atoms with Crippen molar-refractivity contribution in [2.45, 2.75) is 13.0 Å². The maximum atomic E-state index is 13.5. The number of carbonyl (C=O) groups is 1. The van der Waals surface area contributed by atoms with E-state index < -0.39 is 0 Å². The molecule has 2 aliphatic rings. The lowest BCUT2D eigenvalue weighted by molar-refractivity contribution is -0.122. The topological polar surface area (TPSA) is 69.5 Å². The summed E-state index contributed by atoms with van der Waals surface area (Å²) in [4.78, 5) is 21.8. The quantitative estimate of drug-likeness (QED) is 0.611. The minimum absolute atomic E-state index is 0.0695. The molecule has 0 radical (unpaired) electrons. The van der Waals surface area contributed by atoms with Crippen molar-refractivity contribution in [1.29, 1.82) is 5.26 Å². The van der Waals surface area contributed by atoms with E-state index >= 15 is 0 Å². The van der Waals surface area contributed by atoms with Crippen LogP contribution in [0.25, 0.3) is 11.1 Å². The zero-order valence-corrected chi connectivity index (χ0v) is 18.1. The lowest BCUT2D eigenvalue weighted by Crippen LogP contribution is -2.42. The fourth-order valence-electron chi connectivity index (χ4n) is 4.59. The first-order valence-corrected chi connectivity index (χ1v) is 11.0. The second-order valence-corrected chi connectivity index (χ2v) is 8.41. The molecule has 6 nitrogen and oxygen atoms in total. The fourth-order valence-corrected chi connectivity index (χ4v) is 4.59. The van der Waals surface area contributed by atoms with Crippen LogP contribution in [0.1, 0.15) is 17.5 Å². The van der Waals surface area contributed by atoms with Gasteiger partial charge in [0.1, 0.15) is 18.1 Å². The molecular weight excluding hydrogens is 419 g/mol. The van der Waals surface area contributed by atoms with E-state index in [4.69, 9.17) is 10.00 Å². The van der Waals surface area contributed by atoms with Gasteiger partial charge >= 0.3 is 0 Å². The van der Waals surface area contributed by atoms with Gasteiger partial charge in [0.2, 0.25) is 5.91 Å². The summed E-state index contributed by atoms with van der Waals surface area (Å²) in [7, 11) is 0. The van der Waals surface area contributed by atoms with Crippen LogP contribution in [0.3, 0.4) is 0 Å². The monoisotopic (exact) mass is 442 g/mol. The van der Waals surface area contributed by atoms with Crippen molar-refractivity contribution in [3.63, 3.8) is 0 Å². The Morgan fingerprint density at radius 1 is 1.18 bits per heavy atom. The molecule has 1 atom stereocenters. The second kappa shape index (κ2) is 9.00. The van der Waals surface area contributed by atoms with Crippen LogP contribution in [-0.2, 0) is 11.3 Å². The Bertz CT molecular complexity index is 1220. The standard InChI is InChI=1S/C26H23FN4O2/c27-22-3-1-2-19(12-22)16-30-9-8-21(17-30)26(32)31-10-11-33-25-23(14-29-15-24(25)31)20-6-4-18(13-28)5-7-20/h1-7,12,14-15,21H,8-11,16-17H2/t21-/m0/s1. The summed E-state index contributed by atoms with van der Waals surface area (Å²) in [6.45, 7) is 2.96. The molecule has 7 heteroatoms. The molecule has 0 unspecified atom stereocenters. The Balaban J connectivity index is 1.34. The largest absolute Gasteiger partial charge is 0.489 e. The first-order chi connectivity index (χ1) is 16.1. The van der Waals surface area contributed by atoms with Gasteiger partial charge in [-0.1, -0.05) is 24.3 Å². The number of fused-ring (bicyclic) bond motifs is 1. The molecule has 1 saturated heterocycles. The van der Waals surface area contributed by atoms with Crippen molar-refractivity contribution in [3.05, 3.63) is 77.9 Å². The highest BCUT2D eigenvalue weighted by molar-refractivity contribution is 5.98. The van der Waals surface area contributed by atoms with Crippen molar-refractivity contribution in [2.24, 2.45) is 5.92 Å². The van der Waals surface area contributed by atoms with Gasteiger partial charge in [0, 0.05) is 24.8 Å². The number of hydrogen-bond acceptors (Lipinski definition) is 5. The average Bonchev–Trinajstić information content (AvgIpc) is 3.31. The van der Waals surface area contributed by atoms with Gasteiger partial charge in [-0.15, -0.1) is 0 Å². The number of anilines is 1. The van der Waals surface area contributed by atoms with Crippen LogP contribution in [0.5, 0.6) is 5.75 Å². The minimum Gasteiger partial charge on any atom is -0.489 e. The third-order valence-electron chi connectivity index (χ3n) is 6.24. The van der Waals surface area contributed by atoms with Crippen LogP contribution >= 0.6 is 0 Å². The summed E-state index contributed by atoms with van der Waals surface area (Å²) in [6.07, 6.45) is 4.17. The molecule has 2 aromatic carbocycles. The summed E-state index contributed by atoms with van der Waals surface area (Å²) in [6, 6.07) is 16.0. The van der Waals surface area contributed by atoms with E-state index in [2.05, 4.69) is 16.0 Å². The molecule has 0 N–H and O–H groups in total. The maximum absolute atomic E-state index is 13.5. The SMILES string of the molecule is N#Cc1ccc(-c2cncc3c2OCCN3C(=O)[C@H]2CCN(Cc3cccc(F)c3)C2)cc1. The normalized spacial score (nSPS) is 17.8. The van der Waals surface area contributed by atoms with Crippen molar-refractivity contribution in [3.8, 4) is 22.9 Å². The van der Waals surface area contributed by atoms with Gasteiger partial charge in [-0.2, -0.15) is 5.26 Å². The minimum atomic E-state index is -0.241. The third-order valence-corrected chi connectivity index (χ3v) is 6.24. The molecular formula is C26H23FN4O2. The Morgan fingerprint density at radius 3 is 2.82 bits per heavy atom. The van der Waals surface area contributed by atoms with Gasteiger partial charge in [0.05, 0.1) is 30.3 Å². The number of carbonyl (C=O) groups excluding carboxylic acids is 1. The molecule has 3 aromatic rings. The molecule has 0 spiro atoms. The number of hydrogen-bond donors (Lipinski definition) is 0. The van der Waals surface area contributed by atoms with Crippen LogP contribution in [0.15, 0.2) is 60.9 Å². The average molecular weight is 442 g/mol. The highest BCUT2D eigenvalue weighted by Gasteiger charge is 2.35. The van der Waals surface area contributed by atoms with Crippen molar-refractivity contribution in [2.75, 3.05) is 31.1 Å².